The van der Waals surface area contributed by atoms with Crippen LogP contribution in [0.15, 0.2) is 5.16 Å². The topological polar surface area (TPSA) is 484 Å². The van der Waals surface area contributed by atoms with E-state index in [1.807, 2.05) is 0 Å². The standard InChI is InChI=1S/C56H89N15O19S/c1-28-48(81)67-33(14-8-9-19-57-39(73)18-6-5-17-38-43-34(27-91-38)68-56(88)69-43)50(83)65-31(4)54(87)71-22-12-16-36(71)52(85)60-24-42(76)66-32(13-7-10-20-58-40(74)25-61-90-55-46(79)45(78)44(77)37(26-72)89-55)49(82)63-29(2)47(80)64-30(3)53(86)70-21-11-15-35(70)51(84)59-23-41(75)62-28/h25,28-38,43-46,55,72,77-79H,5-24,26-27H2,1-4H3,(H,57,73)(H,58,74)(H,59,84)(H,60,85)(H,62,75)(H,63,82)(H,64,80)(H,65,83)(H,66,76)(H,67,81)(H2,68,69,88)/b61-25+/t28-,29-,30-,31-,32-,33-,34-,35-,36-,37+,38-,43-,44+,45-,46-,55+/m0/s1. The third-order valence-corrected chi connectivity index (χ3v) is 18.0. The average molecular weight is 1310 g/mol. The van der Waals surface area contributed by atoms with Crippen LogP contribution in [-0.2, 0) is 67.1 Å². The molecule has 16 N–H and O–H groups in total. The van der Waals surface area contributed by atoms with Crippen LogP contribution in [0.1, 0.15) is 118 Å². The van der Waals surface area contributed by atoms with Gasteiger partial charge in [-0.1, -0.05) is 11.6 Å². The number of rotatable bonds is 19. The molecule has 6 fully saturated rings. The Labute approximate surface area is 529 Å². The Balaban J connectivity index is 1.07. The summed E-state index contributed by atoms with van der Waals surface area (Å²) in [6.45, 7) is 3.94. The molecule has 0 aromatic heterocycles. The number of aliphatic hydroxyl groups is 4. The van der Waals surface area contributed by atoms with Crippen LogP contribution in [0.3, 0.4) is 0 Å². The lowest BCUT2D eigenvalue weighted by molar-refractivity contribution is -0.301. The molecule has 0 unspecified atom stereocenters. The lowest BCUT2D eigenvalue weighted by atomic mass is 9.99. The monoisotopic (exact) mass is 1310 g/mol. The first-order chi connectivity index (χ1) is 43.4. The molecule has 91 heavy (non-hydrogen) atoms. The summed E-state index contributed by atoms with van der Waals surface area (Å²) < 4.78 is 5.17. The van der Waals surface area contributed by atoms with Crippen molar-refractivity contribution in [2.45, 2.75) is 214 Å². The third-order valence-electron chi connectivity index (χ3n) is 16.5. The summed E-state index contributed by atoms with van der Waals surface area (Å²) >= 11 is 1.80. The number of aliphatic hydroxyl groups excluding tert-OH is 4. The van der Waals surface area contributed by atoms with Crippen molar-refractivity contribution in [1.29, 1.82) is 0 Å². The van der Waals surface area contributed by atoms with Gasteiger partial charge in [-0.15, -0.1) is 0 Å². The summed E-state index contributed by atoms with van der Waals surface area (Å²) in [4.78, 5) is 181. The maximum Gasteiger partial charge on any atom is 0.315 e. The first-order valence-electron chi connectivity index (χ1n) is 31.1. The number of fused-ring (bicyclic) bond motifs is 3. The molecule has 0 aromatic carbocycles. The molecule has 14 amide bonds. The van der Waals surface area contributed by atoms with E-state index in [1.54, 1.807) is 11.8 Å². The van der Waals surface area contributed by atoms with Gasteiger partial charge in [0.05, 0.1) is 31.8 Å². The normalized spacial score (nSPS) is 32.1. The summed E-state index contributed by atoms with van der Waals surface area (Å²) in [6, 6.07) is -9.74. The van der Waals surface area contributed by atoms with Crippen molar-refractivity contribution < 1.29 is 92.3 Å². The van der Waals surface area contributed by atoms with Gasteiger partial charge < -0.3 is 104 Å². The van der Waals surface area contributed by atoms with Gasteiger partial charge in [0, 0.05) is 43.6 Å². The van der Waals surface area contributed by atoms with E-state index >= 15 is 0 Å². The smallest absolute Gasteiger partial charge is 0.315 e. The molecule has 6 aliphatic rings. The van der Waals surface area contributed by atoms with Gasteiger partial charge in [-0.25, -0.2) is 4.79 Å². The molecule has 0 bridgehead atoms. The quantitative estimate of drug-likeness (QED) is 0.0247. The second-order valence-corrected chi connectivity index (χ2v) is 24.8. The maximum absolute atomic E-state index is 14.0. The molecule has 34 nitrogen and oxygen atoms in total. The highest BCUT2D eigenvalue weighted by atomic mass is 32.2. The Morgan fingerprint density at radius 2 is 1.13 bits per heavy atom. The summed E-state index contributed by atoms with van der Waals surface area (Å²) in [5.74, 6) is -7.65. The van der Waals surface area contributed by atoms with Crippen molar-refractivity contribution in [1.82, 2.24) is 73.6 Å². The van der Waals surface area contributed by atoms with Crippen LogP contribution >= 0.6 is 11.8 Å². The largest absolute Gasteiger partial charge is 0.394 e. The Hall–Kier alpha value is -7.47. The van der Waals surface area contributed by atoms with E-state index in [0.717, 1.165) is 18.6 Å². The van der Waals surface area contributed by atoms with Crippen LogP contribution in [0, 0.1) is 0 Å². The molecule has 6 aliphatic heterocycles. The number of nitrogens with zero attached hydrogens (tertiary/aromatic N) is 3. The minimum absolute atomic E-state index is 0.00736. The molecule has 0 saturated carbocycles. The van der Waals surface area contributed by atoms with E-state index < -0.39 is 164 Å². The third kappa shape index (κ3) is 21.3. The van der Waals surface area contributed by atoms with Crippen molar-refractivity contribution in [2.24, 2.45) is 5.16 Å². The predicted molar refractivity (Wildman–Crippen MR) is 321 cm³/mol. The van der Waals surface area contributed by atoms with Gasteiger partial charge in [0.25, 0.3) is 12.2 Å². The highest BCUT2D eigenvalue weighted by molar-refractivity contribution is 8.00. The lowest BCUT2D eigenvalue weighted by Gasteiger charge is -2.38. The van der Waals surface area contributed by atoms with Crippen LogP contribution in [0.4, 0.5) is 4.79 Å². The van der Waals surface area contributed by atoms with Gasteiger partial charge in [0.15, 0.2) is 0 Å². The Bertz CT molecular complexity index is 2660. The van der Waals surface area contributed by atoms with Crippen LogP contribution in [-0.4, -0.2) is 261 Å². The zero-order valence-electron chi connectivity index (χ0n) is 51.5. The van der Waals surface area contributed by atoms with Crippen molar-refractivity contribution in [3.8, 4) is 0 Å². The van der Waals surface area contributed by atoms with Gasteiger partial charge in [-0.05, 0) is 105 Å². The minimum Gasteiger partial charge on any atom is -0.394 e. The Morgan fingerprint density at radius 1 is 0.604 bits per heavy atom. The fourth-order valence-electron chi connectivity index (χ4n) is 11.4. The van der Waals surface area contributed by atoms with Crippen molar-refractivity contribution in [2.75, 3.05) is 51.6 Å². The van der Waals surface area contributed by atoms with Gasteiger partial charge in [0.2, 0.25) is 65.0 Å². The molecule has 508 valence electrons. The molecule has 0 radical (unpaired) electrons. The van der Waals surface area contributed by atoms with Gasteiger partial charge in [0.1, 0.15) is 79.0 Å². The fraction of sp³-hybridized carbons (Fsp3) is 0.750. The number of ether oxygens (including phenoxy) is 1. The van der Waals surface area contributed by atoms with E-state index in [9.17, 15) is 82.8 Å². The van der Waals surface area contributed by atoms with E-state index in [4.69, 9.17) is 9.57 Å². The fourth-order valence-corrected chi connectivity index (χ4v) is 12.9. The molecule has 6 heterocycles. The second kappa shape index (κ2) is 35.4. The van der Waals surface area contributed by atoms with Crippen molar-refractivity contribution in [3.05, 3.63) is 0 Å². The highest BCUT2D eigenvalue weighted by Gasteiger charge is 2.46. The number of carbonyl (C=O) groups is 13. The van der Waals surface area contributed by atoms with E-state index in [1.165, 1.54) is 37.5 Å². The number of urea groups is 1. The van der Waals surface area contributed by atoms with Crippen LogP contribution in [0.2, 0.25) is 0 Å². The van der Waals surface area contributed by atoms with E-state index in [2.05, 4.69) is 69.0 Å². The Kier molecular flexibility index (Phi) is 28.2. The number of unbranched alkanes of at least 4 members (excludes halogenated alkanes) is 3. The number of oxime groups is 1. The molecule has 0 aromatic rings. The van der Waals surface area contributed by atoms with Crippen LogP contribution < -0.4 is 63.8 Å². The second-order valence-electron chi connectivity index (χ2n) is 23.5. The molecular formula is C56H89N15O19S. The van der Waals surface area contributed by atoms with Crippen molar-refractivity contribution in [3.63, 3.8) is 0 Å². The number of nitrogens with one attached hydrogen (secondary N) is 12. The number of hydrogen-bond donors (Lipinski definition) is 16. The van der Waals surface area contributed by atoms with E-state index in [0.29, 0.717) is 44.7 Å². The molecule has 0 spiro atoms. The summed E-state index contributed by atoms with van der Waals surface area (Å²) in [7, 11) is 0. The molecule has 0 aliphatic carbocycles. The summed E-state index contributed by atoms with van der Waals surface area (Å²) in [6.07, 6.45) is -2.61. The number of hydrogen-bond acceptors (Lipinski definition) is 21. The van der Waals surface area contributed by atoms with Gasteiger partial charge in [-0.2, -0.15) is 11.8 Å². The number of thioether (sulfide) groups is 1. The molecule has 35 heteroatoms. The van der Waals surface area contributed by atoms with E-state index in [-0.39, 0.29) is 94.0 Å². The van der Waals surface area contributed by atoms with Crippen LogP contribution in [0.25, 0.3) is 0 Å². The van der Waals surface area contributed by atoms with Gasteiger partial charge in [-0.3, -0.25) is 57.5 Å². The highest BCUT2D eigenvalue weighted by Crippen LogP contribution is 2.33. The van der Waals surface area contributed by atoms with Gasteiger partial charge >= 0.3 is 6.03 Å². The van der Waals surface area contributed by atoms with Crippen LogP contribution in [0.5, 0.6) is 0 Å². The number of carbonyl (C=O) groups excluding carboxylic acids is 13. The first-order valence-corrected chi connectivity index (χ1v) is 32.1. The summed E-state index contributed by atoms with van der Waals surface area (Å²) in [5, 5.41) is 74.8. The molecule has 6 rings (SSSR count). The molecular weight excluding hydrogens is 1220 g/mol. The Morgan fingerprint density at radius 3 is 1.74 bits per heavy atom. The maximum atomic E-state index is 14.0. The summed E-state index contributed by atoms with van der Waals surface area (Å²) in [5.41, 5.74) is 0. The number of amides is 14. The zero-order chi connectivity index (χ0) is 66.5. The average Bonchev–Trinajstić information content (AvgIpc) is 1.89. The first kappa shape index (κ1) is 72.6. The zero-order valence-corrected chi connectivity index (χ0v) is 52.4. The minimum atomic E-state index is -1.77. The lowest BCUT2D eigenvalue weighted by Crippen LogP contribution is -2.58. The molecule has 6 saturated heterocycles. The predicted octanol–water partition coefficient (Wildman–Crippen LogP) is -6.70. The van der Waals surface area contributed by atoms with Crippen molar-refractivity contribution >= 4 is 94.9 Å². The SMILES string of the molecule is C[C@@H]1NC(=O)CNC(=O)[C@@H]2CCCN2C(=O)[C@H](C)NC(=O)[C@H](C)NC(=O)[C@H](CCCCNC(=O)/C=N/O[C@H]2O[C@H](CO)[C@@H](O)[C@H](O)[C@@H]2O)NC(=O)CNC(=O)[C@@H]2CCCN2C(=O)[C@H](C)NC(=O)[C@H](CCCCNC(=O)CCCC[C@@H]2SC[C@@H]3NC(=O)N[C@@H]32)NC1=O. The molecule has 16 atom stereocenters.